The molecule has 0 aliphatic rings. The molecule has 2 rings (SSSR count). The fourth-order valence-electron chi connectivity index (χ4n) is 1.88. The zero-order chi connectivity index (χ0) is 13.0. The number of hydrogen-bond acceptors (Lipinski definition) is 1. The molecule has 0 heterocycles. The monoisotopic (exact) mass is 263 g/mol. The van der Waals surface area contributed by atoms with E-state index in [4.69, 9.17) is 17.3 Å². The van der Waals surface area contributed by atoms with Crippen molar-refractivity contribution in [3.63, 3.8) is 0 Å². The summed E-state index contributed by atoms with van der Waals surface area (Å²) in [5.41, 5.74) is 8.23. The Balaban J connectivity index is 1.97. The molecule has 0 aliphatic heterocycles. The first kappa shape index (κ1) is 13.1. The van der Waals surface area contributed by atoms with E-state index in [1.54, 1.807) is 12.1 Å². The first-order valence-corrected chi connectivity index (χ1v) is 6.29. The SMILES string of the molecule is NC(CCc1ccc(F)c(Cl)c1)c1ccccc1. The fourth-order valence-corrected chi connectivity index (χ4v) is 2.09. The molecule has 94 valence electrons. The smallest absolute Gasteiger partial charge is 0.141 e. The van der Waals surface area contributed by atoms with Gasteiger partial charge in [0.2, 0.25) is 0 Å². The van der Waals surface area contributed by atoms with Gasteiger partial charge in [-0.2, -0.15) is 0 Å². The van der Waals surface area contributed by atoms with Crippen LogP contribution in [0, 0.1) is 5.82 Å². The van der Waals surface area contributed by atoms with Crippen molar-refractivity contribution in [2.45, 2.75) is 18.9 Å². The summed E-state index contributed by atoms with van der Waals surface area (Å²) in [5.74, 6) is -0.382. The maximum atomic E-state index is 13.0. The lowest BCUT2D eigenvalue weighted by Gasteiger charge is -2.12. The summed E-state index contributed by atoms with van der Waals surface area (Å²) < 4.78 is 13.0. The molecular formula is C15H15ClFN. The van der Waals surface area contributed by atoms with E-state index in [1.165, 1.54) is 6.07 Å². The van der Waals surface area contributed by atoms with Crippen molar-refractivity contribution in [2.24, 2.45) is 5.73 Å². The molecule has 18 heavy (non-hydrogen) atoms. The highest BCUT2D eigenvalue weighted by molar-refractivity contribution is 6.30. The van der Waals surface area contributed by atoms with Crippen molar-refractivity contribution in [2.75, 3.05) is 0 Å². The van der Waals surface area contributed by atoms with Gasteiger partial charge in [-0.05, 0) is 36.1 Å². The summed E-state index contributed by atoms with van der Waals surface area (Å²) >= 11 is 5.74. The van der Waals surface area contributed by atoms with E-state index in [2.05, 4.69) is 0 Å². The maximum Gasteiger partial charge on any atom is 0.141 e. The van der Waals surface area contributed by atoms with Gasteiger partial charge in [0.1, 0.15) is 5.82 Å². The van der Waals surface area contributed by atoms with Gasteiger partial charge in [-0.1, -0.05) is 48.0 Å². The summed E-state index contributed by atoms with van der Waals surface area (Å²) in [6, 6.07) is 14.8. The minimum atomic E-state index is -0.382. The van der Waals surface area contributed by atoms with Crippen LogP contribution in [-0.2, 0) is 6.42 Å². The molecule has 0 amide bonds. The molecule has 0 fully saturated rings. The Morgan fingerprint density at radius 3 is 2.50 bits per heavy atom. The van der Waals surface area contributed by atoms with Gasteiger partial charge in [0.15, 0.2) is 0 Å². The van der Waals surface area contributed by atoms with Crippen molar-refractivity contribution in [3.8, 4) is 0 Å². The molecule has 0 aliphatic carbocycles. The Kier molecular flexibility index (Phi) is 4.34. The Morgan fingerprint density at radius 1 is 1.11 bits per heavy atom. The first-order chi connectivity index (χ1) is 8.66. The number of nitrogens with two attached hydrogens (primary N) is 1. The standard InChI is InChI=1S/C15H15ClFN/c16-13-10-11(6-8-14(13)17)7-9-15(18)12-4-2-1-3-5-12/h1-6,8,10,15H,7,9,18H2. The van der Waals surface area contributed by atoms with Gasteiger partial charge in [0, 0.05) is 6.04 Å². The van der Waals surface area contributed by atoms with Gasteiger partial charge < -0.3 is 5.73 Å². The lowest BCUT2D eigenvalue weighted by atomic mass is 10.00. The van der Waals surface area contributed by atoms with Crippen LogP contribution in [0.2, 0.25) is 5.02 Å². The number of rotatable bonds is 4. The van der Waals surface area contributed by atoms with Crippen LogP contribution in [0.15, 0.2) is 48.5 Å². The van der Waals surface area contributed by atoms with E-state index in [9.17, 15) is 4.39 Å². The van der Waals surface area contributed by atoms with Crippen LogP contribution < -0.4 is 5.73 Å². The molecule has 0 radical (unpaired) electrons. The van der Waals surface area contributed by atoms with E-state index in [0.29, 0.717) is 0 Å². The van der Waals surface area contributed by atoms with Crippen molar-refractivity contribution < 1.29 is 4.39 Å². The average Bonchev–Trinajstić information content (AvgIpc) is 2.41. The van der Waals surface area contributed by atoms with Gasteiger partial charge in [-0.25, -0.2) is 4.39 Å². The van der Waals surface area contributed by atoms with E-state index in [1.807, 2.05) is 30.3 Å². The third-order valence-corrected chi connectivity index (χ3v) is 3.25. The zero-order valence-corrected chi connectivity index (χ0v) is 10.7. The van der Waals surface area contributed by atoms with Crippen molar-refractivity contribution in [1.29, 1.82) is 0 Å². The van der Waals surface area contributed by atoms with Crippen LogP contribution in [0.25, 0.3) is 0 Å². The topological polar surface area (TPSA) is 26.0 Å². The number of aryl methyl sites for hydroxylation is 1. The van der Waals surface area contributed by atoms with Crippen LogP contribution >= 0.6 is 11.6 Å². The molecular weight excluding hydrogens is 249 g/mol. The van der Waals surface area contributed by atoms with Gasteiger partial charge in [0.05, 0.1) is 5.02 Å². The highest BCUT2D eigenvalue weighted by atomic mass is 35.5. The summed E-state index contributed by atoms with van der Waals surface area (Å²) in [4.78, 5) is 0. The molecule has 2 N–H and O–H groups in total. The van der Waals surface area contributed by atoms with E-state index in [0.717, 1.165) is 24.0 Å². The molecule has 0 spiro atoms. The van der Waals surface area contributed by atoms with E-state index < -0.39 is 0 Å². The van der Waals surface area contributed by atoms with Crippen LogP contribution in [0.3, 0.4) is 0 Å². The molecule has 0 saturated heterocycles. The van der Waals surface area contributed by atoms with Gasteiger partial charge >= 0.3 is 0 Å². The normalized spacial score (nSPS) is 12.4. The fraction of sp³-hybridized carbons (Fsp3) is 0.200. The molecule has 0 bridgehead atoms. The highest BCUT2D eigenvalue weighted by Gasteiger charge is 2.07. The molecule has 2 aromatic rings. The Labute approximate surface area is 111 Å². The summed E-state index contributed by atoms with van der Waals surface area (Å²) in [7, 11) is 0. The quantitative estimate of drug-likeness (QED) is 0.883. The van der Waals surface area contributed by atoms with Crippen LogP contribution in [-0.4, -0.2) is 0 Å². The zero-order valence-electron chi connectivity index (χ0n) is 9.94. The van der Waals surface area contributed by atoms with E-state index in [-0.39, 0.29) is 16.9 Å². The highest BCUT2D eigenvalue weighted by Crippen LogP contribution is 2.20. The maximum absolute atomic E-state index is 13.0. The molecule has 2 aromatic carbocycles. The Morgan fingerprint density at radius 2 is 1.83 bits per heavy atom. The van der Waals surface area contributed by atoms with Gasteiger partial charge in [-0.3, -0.25) is 0 Å². The number of halogens is 2. The van der Waals surface area contributed by atoms with Crippen molar-refractivity contribution in [3.05, 3.63) is 70.5 Å². The molecule has 1 atom stereocenters. The third kappa shape index (κ3) is 3.31. The number of benzene rings is 2. The Bertz CT molecular complexity index is 513. The molecule has 1 unspecified atom stereocenters. The van der Waals surface area contributed by atoms with Crippen LogP contribution in [0.1, 0.15) is 23.6 Å². The molecule has 0 aromatic heterocycles. The van der Waals surface area contributed by atoms with Crippen molar-refractivity contribution >= 4 is 11.6 Å². The summed E-state index contributed by atoms with van der Waals surface area (Å²) in [6.07, 6.45) is 1.60. The predicted molar refractivity (Wildman–Crippen MR) is 73.1 cm³/mol. The lowest BCUT2D eigenvalue weighted by molar-refractivity contribution is 0.624. The molecule has 1 nitrogen and oxygen atoms in total. The van der Waals surface area contributed by atoms with Gasteiger partial charge in [0.25, 0.3) is 0 Å². The Hall–Kier alpha value is -1.38. The average molecular weight is 264 g/mol. The van der Waals surface area contributed by atoms with Crippen LogP contribution in [0.5, 0.6) is 0 Å². The summed E-state index contributed by atoms with van der Waals surface area (Å²) in [5, 5.41) is 0.167. The minimum Gasteiger partial charge on any atom is -0.324 e. The van der Waals surface area contributed by atoms with Crippen molar-refractivity contribution in [1.82, 2.24) is 0 Å². The summed E-state index contributed by atoms with van der Waals surface area (Å²) in [6.45, 7) is 0. The first-order valence-electron chi connectivity index (χ1n) is 5.91. The lowest BCUT2D eigenvalue weighted by Crippen LogP contribution is -2.11. The minimum absolute atomic E-state index is 0.00460. The second-order valence-electron chi connectivity index (χ2n) is 4.30. The molecule has 3 heteroatoms. The second-order valence-corrected chi connectivity index (χ2v) is 4.71. The largest absolute Gasteiger partial charge is 0.324 e. The third-order valence-electron chi connectivity index (χ3n) is 2.96. The number of hydrogen-bond donors (Lipinski definition) is 1. The van der Waals surface area contributed by atoms with Crippen LogP contribution in [0.4, 0.5) is 4.39 Å². The second kappa shape index (κ2) is 5.98. The van der Waals surface area contributed by atoms with Gasteiger partial charge in [-0.15, -0.1) is 0 Å². The predicted octanol–water partition coefficient (Wildman–Crippen LogP) is 4.11. The molecule has 0 saturated carbocycles. The van der Waals surface area contributed by atoms with E-state index >= 15 is 0 Å².